The fraction of sp³-hybridized carbons (Fsp3) is 0.600. The minimum absolute atomic E-state index is 1.12. The smallest absolute Gasteiger partial charge is 0.0383 e. The molecule has 0 saturated heterocycles. The standard InChI is InChI=1S/C10H17N/c1-3-4-7-11-8-5-6-10(2)9-11/h5-6,8H,3-4,7,9H2,1-2H3. The molecule has 1 heteroatoms. The van der Waals surface area contributed by atoms with Crippen molar-refractivity contribution in [3.8, 4) is 0 Å². The van der Waals surface area contributed by atoms with Crippen molar-refractivity contribution in [2.45, 2.75) is 26.7 Å². The van der Waals surface area contributed by atoms with Crippen molar-refractivity contribution in [1.29, 1.82) is 0 Å². The lowest BCUT2D eigenvalue weighted by Crippen LogP contribution is -2.22. The summed E-state index contributed by atoms with van der Waals surface area (Å²) in [6.45, 7) is 6.74. The van der Waals surface area contributed by atoms with Crippen molar-refractivity contribution < 1.29 is 0 Å². The molecule has 0 aliphatic carbocycles. The molecule has 1 heterocycles. The van der Waals surface area contributed by atoms with Crippen LogP contribution in [0.25, 0.3) is 0 Å². The number of rotatable bonds is 3. The first-order chi connectivity index (χ1) is 5.33. The third-order valence-corrected chi connectivity index (χ3v) is 1.93. The van der Waals surface area contributed by atoms with Gasteiger partial charge < -0.3 is 4.90 Å². The van der Waals surface area contributed by atoms with Gasteiger partial charge in [0.15, 0.2) is 0 Å². The molecule has 0 amide bonds. The largest absolute Gasteiger partial charge is 0.373 e. The summed E-state index contributed by atoms with van der Waals surface area (Å²) >= 11 is 0. The predicted octanol–water partition coefficient (Wildman–Crippen LogP) is 2.56. The molecule has 1 nitrogen and oxygen atoms in total. The molecule has 0 atom stereocenters. The third-order valence-electron chi connectivity index (χ3n) is 1.93. The number of hydrogen-bond donors (Lipinski definition) is 0. The van der Waals surface area contributed by atoms with E-state index in [2.05, 4.69) is 37.1 Å². The average Bonchev–Trinajstić information content (AvgIpc) is 2.01. The second-order valence-corrected chi connectivity index (χ2v) is 3.18. The Bertz CT molecular complexity index is 168. The molecule has 0 unspecified atom stereocenters. The van der Waals surface area contributed by atoms with E-state index in [1.165, 1.54) is 25.0 Å². The van der Waals surface area contributed by atoms with E-state index < -0.39 is 0 Å². The van der Waals surface area contributed by atoms with Crippen LogP contribution in [-0.4, -0.2) is 18.0 Å². The molecular formula is C10H17N. The molecule has 0 radical (unpaired) electrons. The molecule has 0 spiro atoms. The van der Waals surface area contributed by atoms with Gasteiger partial charge in [0.1, 0.15) is 0 Å². The zero-order valence-electron chi connectivity index (χ0n) is 7.51. The summed E-state index contributed by atoms with van der Waals surface area (Å²) < 4.78 is 0. The van der Waals surface area contributed by atoms with Gasteiger partial charge in [-0.25, -0.2) is 0 Å². The average molecular weight is 151 g/mol. The summed E-state index contributed by atoms with van der Waals surface area (Å²) in [7, 11) is 0. The summed E-state index contributed by atoms with van der Waals surface area (Å²) in [6.07, 6.45) is 9.09. The van der Waals surface area contributed by atoms with E-state index in [0.717, 1.165) is 6.54 Å². The van der Waals surface area contributed by atoms with Crippen LogP contribution in [0.5, 0.6) is 0 Å². The van der Waals surface area contributed by atoms with E-state index in [4.69, 9.17) is 0 Å². The highest BCUT2D eigenvalue weighted by Crippen LogP contribution is 2.06. The number of allylic oxidation sites excluding steroid dienone is 2. The molecule has 0 aromatic heterocycles. The van der Waals surface area contributed by atoms with Crippen LogP contribution in [0.2, 0.25) is 0 Å². The number of unbranched alkanes of at least 4 members (excludes halogenated alkanes) is 1. The maximum Gasteiger partial charge on any atom is 0.0383 e. The summed E-state index contributed by atoms with van der Waals surface area (Å²) in [4.78, 5) is 2.37. The van der Waals surface area contributed by atoms with Gasteiger partial charge in [-0.1, -0.05) is 25.0 Å². The van der Waals surface area contributed by atoms with Gasteiger partial charge in [-0.15, -0.1) is 0 Å². The van der Waals surface area contributed by atoms with Gasteiger partial charge in [0.25, 0.3) is 0 Å². The fourth-order valence-electron chi connectivity index (χ4n) is 1.27. The maximum atomic E-state index is 2.37. The molecule has 11 heavy (non-hydrogen) atoms. The van der Waals surface area contributed by atoms with E-state index in [9.17, 15) is 0 Å². The van der Waals surface area contributed by atoms with Gasteiger partial charge in [0, 0.05) is 13.1 Å². The van der Waals surface area contributed by atoms with Gasteiger partial charge in [-0.3, -0.25) is 0 Å². The van der Waals surface area contributed by atoms with Crippen molar-refractivity contribution in [3.05, 3.63) is 23.9 Å². The number of hydrogen-bond acceptors (Lipinski definition) is 1. The van der Waals surface area contributed by atoms with Crippen LogP contribution >= 0.6 is 0 Å². The Morgan fingerprint density at radius 3 is 3.00 bits per heavy atom. The van der Waals surface area contributed by atoms with Gasteiger partial charge in [0.05, 0.1) is 0 Å². The first kappa shape index (κ1) is 8.38. The van der Waals surface area contributed by atoms with Crippen LogP contribution in [0.3, 0.4) is 0 Å². The lowest BCUT2D eigenvalue weighted by molar-refractivity contribution is 0.392. The molecule has 1 rings (SSSR count). The lowest BCUT2D eigenvalue weighted by Gasteiger charge is -2.22. The SMILES string of the molecule is CCCCN1C=CC=C(C)C1. The Balaban J connectivity index is 2.28. The molecule has 0 fully saturated rings. The van der Waals surface area contributed by atoms with Gasteiger partial charge in [-0.2, -0.15) is 0 Å². The zero-order chi connectivity index (χ0) is 8.10. The fourth-order valence-corrected chi connectivity index (χ4v) is 1.27. The minimum Gasteiger partial charge on any atom is -0.373 e. The predicted molar refractivity (Wildman–Crippen MR) is 49.4 cm³/mol. The van der Waals surface area contributed by atoms with Crippen LogP contribution in [-0.2, 0) is 0 Å². The van der Waals surface area contributed by atoms with Crippen LogP contribution in [0, 0.1) is 0 Å². The third kappa shape index (κ3) is 2.79. The molecule has 0 aromatic carbocycles. The van der Waals surface area contributed by atoms with Crippen molar-refractivity contribution >= 4 is 0 Å². The normalized spacial score (nSPS) is 16.9. The van der Waals surface area contributed by atoms with Crippen molar-refractivity contribution in [2.75, 3.05) is 13.1 Å². The Hall–Kier alpha value is -0.720. The van der Waals surface area contributed by atoms with Crippen molar-refractivity contribution in [3.63, 3.8) is 0 Å². The van der Waals surface area contributed by atoms with Crippen LogP contribution < -0.4 is 0 Å². The van der Waals surface area contributed by atoms with Crippen molar-refractivity contribution in [2.24, 2.45) is 0 Å². The summed E-state index contributed by atoms with van der Waals surface area (Å²) in [6, 6.07) is 0. The highest BCUT2D eigenvalue weighted by atomic mass is 15.1. The van der Waals surface area contributed by atoms with E-state index >= 15 is 0 Å². The van der Waals surface area contributed by atoms with Crippen LogP contribution in [0.15, 0.2) is 23.9 Å². The summed E-state index contributed by atoms with van der Waals surface area (Å²) in [5.74, 6) is 0. The Kier molecular flexibility index (Phi) is 3.21. The van der Waals surface area contributed by atoms with Crippen LogP contribution in [0.4, 0.5) is 0 Å². The number of nitrogens with zero attached hydrogens (tertiary/aromatic N) is 1. The first-order valence-electron chi connectivity index (χ1n) is 4.41. The van der Waals surface area contributed by atoms with E-state index in [1.54, 1.807) is 0 Å². The maximum absolute atomic E-state index is 2.37. The first-order valence-corrected chi connectivity index (χ1v) is 4.41. The quantitative estimate of drug-likeness (QED) is 0.599. The summed E-state index contributed by atoms with van der Waals surface area (Å²) in [5.41, 5.74) is 1.46. The lowest BCUT2D eigenvalue weighted by atomic mass is 10.2. The Labute approximate surface area is 69.4 Å². The van der Waals surface area contributed by atoms with Gasteiger partial charge in [0.2, 0.25) is 0 Å². The van der Waals surface area contributed by atoms with Crippen LogP contribution in [0.1, 0.15) is 26.7 Å². The molecule has 1 aliphatic rings. The van der Waals surface area contributed by atoms with Gasteiger partial charge in [-0.05, 0) is 25.6 Å². The van der Waals surface area contributed by atoms with E-state index in [1.807, 2.05) is 0 Å². The zero-order valence-corrected chi connectivity index (χ0v) is 7.51. The highest BCUT2D eigenvalue weighted by Gasteiger charge is 2.01. The molecule has 0 N–H and O–H groups in total. The molecule has 0 aromatic rings. The second-order valence-electron chi connectivity index (χ2n) is 3.18. The van der Waals surface area contributed by atoms with E-state index in [-0.39, 0.29) is 0 Å². The van der Waals surface area contributed by atoms with Crippen molar-refractivity contribution in [1.82, 2.24) is 4.90 Å². The second kappa shape index (κ2) is 4.22. The highest BCUT2D eigenvalue weighted by molar-refractivity contribution is 5.16. The monoisotopic (exact) mass is 151 g/mol. The summed E-state index contributed by atoms with van der Waals surface area (Å²) in [5, 5.41) is 0. The molecular weight excluding hydrogens is 134 g/mol. The Morgan fingerprint density at radius 1 is 1.55 bits per heavy atom. The van der Waals surface area contributed by atoms with E-state index in [0.29, 0.717) is 0 Å². The molecule has 0 bridgehead atoms. The molecule has 1 aliphatic heterocycles. The van der Waals surface area contributed by atoms with Gasteiger partial charge >= 0.3 is 0 Å². The minimum atomic E-state index is 1.12. The Morgan fingerprint density at radius 2 is 2.36 bits per heavy atom. The molecule has 0 saturated carbocycles. The molecule has 62 valence electrons. The topological polar surface area (TPSA) is 3.24 Å².